The van der Waals surface area contributed by atoms with Gasteiger partial charge < -0.3 is 15.2 Å². The van der Waals surface area contributed by atoms with Crippen molar-refractivity contribution < 1.29 is 19.0 Å². The number of hydrogen-bond donors (Lipinski definition) is 2. The Kier molecular flexibility index (Phi) is 7.01. The monoisotopic (exact) mass is 283 g/mol. The summed E-state index contributed by atoms with van der Waals surface area (Å²) >= 11 is 0. The number of benzene rings is 1. The lowest BCUT2D eigenvalue weighted by molar-refractivity contribution is -0.121. The van der Waals surface area contributed by atoms with Crippen molar-refractivity contribution in [3.63, 3.8) is 0 Å². The molecule has 0 aliphatic rings. The summed E-state index contributed by atoms with van der Waals surface area (Å²) in [4.78, 5) is 11.8. The van der Waals surface area contributed by atoms with Crippen LogP contribution < -0.4 is 10.1 Å². The number of halogens is 1. The zero-order chi connectivity index (χ0) is 15.0. The van der Waals surface area contributed by atoms with Crippen LogP contribution in [0.2, 0.25) is 0 Å². The molecule has 20 heavy (non-hydrogen) atoms. The zero-order valence-electron chi connectivity index (χ0n) is 12.0. The molecular weight excluding hydrogens is 261 g/mol. The molecule has 0 aliphatic heterocycles. The van der Waals surface area contributed by atoms with Crippen molar-refractivity contribution in [2.75, 3.05) is 13.7 Å². The van der Waals surface area contributed by atoms with Crippen molar-refractivity contribution in [3.8, 4) is 5.75 Å². The highest BCUT2D eigenvalue weighted by atomic mass is 19.1. The van der Waals surface area contributed by atoms with Crippen LogP contribution in [0.1, 0.15) is 31.7 Å². The predicted molar refractivity (Wildman–Crippen MR) is 75.2 cm³/mol. The van der Waals surface area contributed by atoms with E-state index < -0.39 is 5.82 Å². The molecule has 112 valence electrons. The minimum Gasteiger partial charge on any atom is -0.494 e. The smallest absolute Gasteiger partial charge is 0.220 e. The number of carbonyl (C=O) groups excluding carboxylic acids is 1. The number of methoxy groups -OCH3 is 1. The maximum absolute atomic E-state index is 13.5. The zero-order valence-corrected chi connectivity index (χ0v) is 12.0. The fourth-order valence-corrected chi connectivity index (χ4v) is 1.96. The van der Waals surface area contributed by atoms with Crippen LogP contribution >= 0.6 is 0 Å². The fraction of sp³-hybridized carbons (Fsp3) is 0.533. The van der Waals surface area contributed by atoms with Crippen LogP contribution in [0.3, 0.4) is 0 Å². The summed E-state index contributed by atoms with van der Waals surface area (Å²) in [6, 6.07) is 4.70. The first kappa shape index (κ1) is 16.4. The highest BCUT2D eigenvalue weighted by molar-refractivity contribution is 5.76. The number of aryl methyl sites for hydroxylation is 1. The van der Waals surface area contributed by atoms with E-state index in [-0.39, 0.29) is 24.3 Å². The highest BCUT2D eigenvalue weighted by Gasteiger charge is 2.10. The third kappa shape index (κ3) is 5.17. The molecule has 0 spiro atoms. The molecule has 0 fully saturated rings. The van der Waals surface area contributed by atoms with Gasteiger partial charge in [-0.1, -0.05) is 13.0 Å². The van der Waals surface area contributed by atoms with Crippen molar-refractivity contribution in [1.82, 2.24) is 5.32 Å². The summed E-state index contributed by atoms with van der Waals surface area (Å²) in [5.74, 6) is -0.300. The van der Waals surface area contributed by atoms with Crippen LogP contribution in [0.5, 0.6) is 5.75 Å². The quantitative estimate of drug-likeness (QED) is 0.767. The Morgan fingerprint density at radius 2 is 2.25 bits per heavy atom. The van der Waals surface area contributed by atoms with Crippen LogP contribution in [-0.2, 0) is 11.2 Å². The summed E-state index contributed by atoms with van der Waals surface area (Å²) in [5.41, 5.74) is 0.758. The molecule has 1 amide bonds. The number of aliphatic hydroxyl groups is 1. The highest BCUT2D eigenvalue weighted by Crippen LogP contribution is 2.18. The van der Waals surface area contributed by atoms with Crippen molar-refractivity contribution in [3.05, 3.63) is 29.6 Å². The van der Waals surface area contributed by atoms with E-state index in [4.69, 9.17) is 9.84 Å². The second kappa shape index (κ2) is 8.53. The Hall–Kier alpha value is -1.62. The first-order valence-corrected chi connectivity index (χ1v) is 6.83. The van der Waals surface area contributed by atoms with Crippen molar-refractivity contribution in [2.45, 2.75) is 38.6 Å². The van der Waals surface area contributed by atoms with E-state index in [0.717, 1.165) is 12.0 Å². The van der Waals surface area contributed by atoms with E-state index in [1.165, 1.54) is 13.2 Å². The molecule has 1 unspecified atom stereocenters. The third-order valence-corrected chi connectivity index (χ3v) is 3.19. The summed E-state index contributed by atoms with van der Waals surface area (Å²) in [7, 11) is 1.41. The van der Waals surface area contributed by atoms with Crippen molar-refractivity contribution >= 4 is 5.91 Å². The summed E-state index contributed by atoms with van der Waals surface area (Å²) in [6.45, 7) is 2.02. The largest absolute Gasteiger partial charge is 0.494 e. The molecule has 2 N–H and O–H groups in total. The Morgan fingerprint density at radius 1 is 1.50 bits per heavy atom. The van der Waals surface area contributed by atoms with E-state index in [0.29, 0.717) is 19.3 Å². The van der Waals surface area contributed by atoms with Gasteiger partial charge in [-0.15, -0.1) is 0 Å². The Balaban J connectivity index is 2.46. The van der Waals surface area contributed by atoms with Crippen LogP contribution in [0.15, 0.2) is 18.2 Å². The number of nitrogens with one attached hydrogen (secondary N) is 1. The number of rotatable bonds is 8. The lowest BCUT2D eigenvalue weighted by Crippen LogP contribution is -2.35. The van der Waals surface area contributed by atoms with E-state index in [9.17, 15) is 9.18 Å². The van der Waals surface area contributed by atoms with Gasteiger partial charge in [0.1, 0.15) is 0 Å². The molecule has 1 aromatic rings. The Labute approximate surface area is 119 Å². The number of ether oxygens (including phenoxy) is 1. The summed E-state index contributed by atoms with van der Waals surface area (Å²) in [6.07, 6.45) is 2.11. The number of carbonyl (C=O) groups is 1. The lowest BCUT2D eigenvalue weighted by Gasteiger charge is -2.15. The van der Waals surface area contributed by atoms with Gasteiger partial charge in [-0.3, -0.25) is 4.79 Å². The second-order valence-corrected chi connectivity index (χ2v) is 4.65. The number of aliphatic hydroxyl groups excluding tert-OH is 1. The third-order valence-electron chi connectivity index (χ3n) is 3.19. The molecule has 0 saturated heterocycles. The summed E-state index contributed by atoms with van der Waals surface area (Å²) < 4.78 is 18.3. The minimum absolute atomic E-state index is 0.0000958. The van der Waals surface area contributed by atoms with Crippen molar-refractivity contribution in [2.24, 2.45) is 0 Å². The van der Waals surface area contributed by atoms with Gasteiger partial charge in [-0.05, 0) is 37.0 Å². The normalized spacial score (nSPS) is 12.0. The molecule has 0 heterocycles. The molecule has 0 saturated carbocycles. The molecule has 0 aromatic heterocycles. The first-order chi connectivity index (χ1) is 9.60. The van der Waals surface area contributed by atoms with E-state index in [1.54, 1.807) is 12.1 Å². The average molecular weight is 283 g/mol. The van der Waals surface area contributed by atoms with Gasteiger partial charge in [0.2, 0.25) is 5.91 Å². The lowest BCUT2D eigenvalue weighted by atomic mass is 10.1. The number of hydrogen-bond acceptors (Lipinski definition) is 3. The molecule has 1 aromatic carbocycles. The molecule has 0 radical (unpaired) electrons. The fourth-order valence-electron chi connectivity index (χ4n) is 1.96. The summed E-state index contributed by atoms with van der Waals surface area (Å²) in [5, 5.41) is 11.7. The van der Waals surface area contributed by atoms with Gasteiger partial charge in [0, 0.05) is 19.1 Å². The molecule has 4 nitrogen and oxygen atoms in total. The molecule has 5 heteroatoms. The molecule has 0 bridgehead atoms. The molecule has 1 atom stereocenters. The SMILES string of the molecule is CCC(CCO)NC(=O)CCc1ccc(OC)c(F)c1. The topological polar surface area (TPSA) is 58.6 Å². The Bertz CT molecular complexity index is 437. The van der Waals surface area contributed by atoms with Gasteiger partial charge in [0.25, 0.3) is 0 Å². The van der Waals surface area contributed by atoms with Crippen LogP contribution in [-0.4, -0.2) is 30.8 Å². The maximum atomic E-state index is 13.5. The van der Waals surface area contributed by atoms with Crippen LogP contribution in [0, 0.1) is 5.82 Å². The molecular formula is C15H22FNO3. The van der Waals surface area contributed by atoms with Gasteiger partial charge in [-0.25, -0.2) is 4.39 Å². The standard InChI is InChI=1S/C15H22FNO3/c1-3-12(8-9-18)17-15(19)7-5-11-4-6-14(20-2)13(16)10-11/h4,6,10,12,18H,3,5,7-9H2,1-2H3,(H,17,19). The van der Waals surface area contributed by atoms with E-state index >= 15 is 0 Å². The average Bonchev–Trinajstić information content (AvgIpc) is 2.44. The predicted octanol–water partition coefficient (Wildman–Crippen LogP) is 2.04. The van der Waals surface area contributed by atoms with Gasteiger partial charge >= 0.3 is 0 Å². The second-order valence-electron chi connectivity index (χ2n) is 4.65. The van der Waals surface area contributed by atoms with E-state index in [2.05, 4.69) is 5.32 Å². The minimum atomic E-state index is -0.419. The van der Waals surface area contributed by atoms with Gasteiger partial charge in [0.15, 0.2) is 11.6 Å². The van der Waals surface area contributed by atoms with Crippen molar-refractivity contribution in [1.29, 1.82) is 0 Å². The maximum Gasteiger partial charge on any atom is 0.220 e. The number of amides is 1. The van der Waals surface area contributed by atoms with Gasteiger partial charge in [-0.2, -0.15) is 0 Å². The molecule has 0 aliphatic carbocycles. The molecule has 1 rings (SSSR count). The Morgan fingerprint density at radius 3 is 2.80 bits per heavy atom. The first-order valence-electron chi connectivity index (χ1n) is 6.83. The van der Waals surface area contributed by atoms with Crippen LogP contribution in [0.4, 0.5) is 4.39 Å². The van der Waals surface area contributed by atoms with Gasteiger partial charge in [0.05, 0.1) is 7.11 Å². The van der Waals surface area contributed by atoms with E-state index in [1.807, 2.05) is 6.92 Å². The van der Waals surface area contributed by atoms with Crippen LogP contribution in [0.25, 0.3) is 0 Å².